The number of non-ortho nitro benzene ring substituents is 1. The van der Waals surface area contributed by atoms with Gasteiger partial charge in [0.1, 0.15) is 5.92 Å². The number of aryl methyl sites for hydroxylation is 1. The summed E-state index contributed by atoms with van der Waals surface area (Å²) in [7, 11) is 0. The maximum atomic E-state index is 13.7. The molecule has 3 aromatic rings. The summed E-state index contributed by atoms with van der Waals surface area (Å²) < 4.78 is 5.24. The average molecular weight is 482 g/mol. The SMILES string of the molecule is CCOC(=O)C(Cc1ccccc1)C(=O)N(CCc1ccc([N+](=O)[O-])cc1)c1nc(CC)cs1. The van der Waals surface area contributed by atoms with Crippen LogP contribution in [-0.2, 0) is 33.6 Å². The largest absolute Gasteiger partial charge is 0.465 e. The maximum Gasteiger partial charge on any atom is 0.318 e. The molecule has 0 aliphatic rings. The van der Waals surface area contributed by atoms with Crippen molar-refractivity contribution in [3.63, 3.8) is 0 Å². The van der Waals surface area contributed by atoms with Crippen LogP contribution in [0.3, 0.4) is 0 Å². The quantitative estimate of drug-likeness (QED) is 0.171. The van der Waals surface area contributed by atoms with Crippen LogP contribution < -0.4 is 4.90 Å². The summed E-state index contributed by atoms with van der Waals surface area (Å²) in [4.78, 5) is 43.1. The van der Waals surface area contributed by atoms with Crippen molar-refractivity contribution >= 4 is 34.0 Å². The zero-order chi connectivity index (χ0) is 24.5. The molecule has 0 aliphatic carbocycles. The van der Waals surface area contributed by atoms with Gasteiger partial charge in [0.15, 0.2) is 5.13 Å². The van der Waals surface area contributed by atoms with Crippen molar-refractivity contribution in [3.05, 3.63) is 86.9 Å². The Morgan fingerprint density at radius 2 is 1.79 bits per heavy atom. The molecule has 34 heavy (non-hydrogen) atoms. The molecular formula is C25H27N3O5S. The fraction of sp³-hybridized carbons (Fsp3) is 0.320. The number of rotatable bonds is 11. The topological polar surface area (TPSA) is 103 Å². The minimum Gasteiger partial charge on any atom is -0.465 e. The Hall–Kier alpha value is -3.59. The second-order valence-electron chi connectivity index (χ2n) is 7.63. The molecule has 178 valence electrons. The first-order chi connectivity index (χ1) is 16.4. The van der Waals surface area contributed by atoms with Crippen molar-refractivity contribution in [1.29, 1.82) is 0 Å². The lowest BCUT2D eigenvalue weighted by Crippen LogP contribution is -2.42. The summed E-state index contributed by atoms with van der Waals surface area (Å²) in [5.41, 5.74) is 2.57. The molecule has 0 radical (unpaired) electrons. The first kappa shape index (κ1) is 25.0. The van der Waals surface area contributed by atoms with Gasteiger partial charge in [-0.2, -0.15) is 0 Å². The zero-order valence-corrected chi connectivity index (χ0v) is 20.0. The lowest BCUT2D eigenvalue weighted by molar-refractivity contribution is -0.384. The third kappa shape index (κ3) is 6.48. The van der Waals surface area contributed by atoms with E-state index < -0.39 is 16.8 Å². The van der Waals surface area contributed by atoms with Gasteiger partial charge in [-0.1, -0.05) is 49.4 Å². The van der Waals surface area contributed by atoms with Gasteiger partial charge in [0.2, 0.25) is 5.91 Å². The van der Waals surface area contributed by atoms with E-state index in [0.29, 0.717) is 11.6 Å². The number of amides is 1. The summed E-state index contributed by atoms with van der Waals surface area (Å²) in [5, 5.41) is 13.3. The van der Waals surface area contributed by atoms with Gasteiger partial charge in [0, 0.05) is 24.1 Å². The lowest BCUT2D eigenvalue weighted by atomic mass is 9.97. The van der Waals surface area contributed by atoms with E-state index in [-0.39, 0.29) is 31.2 Å². The number of hydrogen-bond acceptors (Lipinski definition) is 7. The molecule has 0 spiro atoms. The van der Waals surface area contributed by atoms with Gasteiger partial charge in [-0.25, -0.2) is 4.98 Å². The van der Waals surface area contributed by atoms with Crippen molar-refractivity contribution < 1.29 is 19.2 Å². The zero-order valence-electron chi connectivity index (χ0n) is 19.2. The van der Waals surface area contributed by atoms with Crippen LogP contribution in [0.4, 0.5) is 10.8 Å². The molecule has 1 amide bonds. The van der Waals surface area contributed by atoms with Crippen LogP contribution >= 0.6 is 11.3 Å². The molecule has 8 nitrogen and oxygen atoms in total. The van der Waals surface area contributed by atoms with E-state index in [0.717, 1.165) is 23.2 Å². The van der Waals surface area contributed by atoms with Gasteiger partial charge in [0.25, 0.3) is 5.69 Å². The minimum atomic E-state index is -1.01. The number of nitro groups is 1. The Kier molecular flexibility index (Phi) is 8.86. The highest BCUT2D eigenvalue weighted by atomic mass is 32.1. The molecule has 0 N–H and O–H groups in total. The van der Waals surface area contributed by atoms with Crippen LogP contribution in [-0.4, -0.2) is 34.9 Å². The number of hydrogen-bond donors (Lipinski definition) is 0. The van der Waals surface area contributed by atoms with E-state index in [1.807, 2.05) is 42.6 Å². The number of aromatic nitrogens is 1. The number of thiazole rings is 1. The molecule has 3 rings (SSSR count). The highest BCUT2D eigenvalue weighted by molar-refractivity contribution is 7.14. The van der Waals surface area contributed by atoms with Gasteiger partial charge < -0.3 is 4.74 Å². The van der Waals surface area contributed by atoms with Gasteiger partial charge >= 0.3 is 5.97 Å². The van der Waals surface area contributed by atoms with E-state index in [1.54, 1.807) is 19.1 Å². The fourth-order valence-electron chi connectivity index (χ4n) is 3.46. The number of nitro benzene ring substituents is 1. The molecular weight excluding hydrogens is 454 g/mol. The molecule has 0 saturated heterocycles. The Bertz CT molecular complexity index is 1120. The monoisotopic (exact) mass is 481 g/mol. The van der Waals surface area contributed by atoms with Crippen LogP contribution in [0.2, 0.25) is 0 Å². The summed E-state index contributed by atoms with van der Waals surface area (Å²) in [6.45, 7) is 4.15. The Morgan fingerprint density at radius 3 is 2.38 bits per heavy atom. The second-order valence-corrected chi connectivity index (χ2v) is 8.47. The first-order valence-corrected chi connectivity index (χ1v) is 12.0. The number of nitrogens with zero attached hydrogens (tertiary/aromatic N) is 3. The first-order valence-electron chi connectivity index (χ1n) is 11.1. The molecule has 2 aromatic carbocycles. The van der Waals surface area contributed by atoms with Gasteiger partial charge in [-0.15, -0.1) is 11.3 Å². The van der Waals surface area contributed by atoms with Crippen LogP contribution in [0, 0.1) is 16.0 Å². The number of benzene rings is 2. The van der Waals surface area contributed by atoms with Crippen LogP contribution in [0.15, 0.2) is 60.0 Å². The van der Waals surface area contributed by atoms with Crippen molar-refractivity contribution in [3.8, 4) is 0 Å². The number of carbonyl (C=O) groups excluding carboxylic acids is 2. The standard InChI is InChI=1S/C25H27N3O5S/c1-3-20-17-34-25(26-20)27(15-14-18-10-12-21(13-11-18)28(31)32)23(29)22(24(30)33-4-2)16-19-8-6-5-7-9-19/h5-13,17,22H,3-4,14-16H2,1-2H3. The second kappa shape index (κ2) is 12.0. The van der Waals surface area contributed by atoms with E-state index in [9.17, 15) is 19.7 Å². The predicted molar refractivity (Wildman–Crippen MR) is 131 cm³/mol. The molecule has 1 unspecified atom stereocenters. The Labute approximate surface area is 202 Å². The molecule has 1 atom stereocenters. The van der Waals surface area contributed by atoms with Crippen molar-refractivity contribution in [2.75, 3.05) is 18.1 Å². The average Bonchev–Trinajstić information content (AvgIpc) is 3.32. The van der Waals surface area contributed by atoms with Gasteiger partial charge in [-0.3, -0.25) is 24.6 Å². The number of ether oxygens (including phenoxy) is 1. The van der Waals surface area contributed by atoms with E-state index in [1.165, 1.54) is 28.4 Å². The molecule has 1 heterocycles. The summed E-state index contributed by atoms with van der Waals surface area (Å²) in [5.74, 6) is -1.95. The molecule has 1 aromatic heterocycles. The maximum absolute atomic E-state index is 13.7. The lowest BCUT2D eigenvalue weighted by Gasteiger charge is -2.25. The molecule has 0 bridgehead atoms. The summed E-state index contributed by atoms with van der Waals surface area (Å²) in [6.07, 6.45) is 1.40. The number of esters is 1. The van der Waals surface area contributed by atoms with E-state index in [2.05, 4.69) is 4.98 Å². The van der Waals surface area contributed by atoms with Gasteiger partial charge in [-0.05, 0) is 37.3 Å². The normalized spacial score (nSPS) is 11.6. The Balaban J connectivity index is 1.88. The molecule has 9 heteroatoms. The van der Waals surface area contributed by atoms with E-state index >= 15 is 0 Å². The van der Waals surface area contributed by atoms with Gasteiger partial charge in [0.05, 0.1) is 17.2 Å². The summed E-state index contributed by atoms with van der Waals surface area (Å²) in [6, 6.07) is 15.6. The third-order valence-corrected chi connectivity index (χ3v) is 6.23. The van der Waals surface area contributed by atoms with Crippen molar-refractivity contribution in [1.82, 2.24) is 4.98 Å². The highest BCUT2D eigenvalue weighted by Crippen LogP contribution is 2.25. The fourth-order valence-corrected chi connectivity index (χ4v) is 4.40. The number of anilines is 1. The predicted octanol–water partition coefficient (Wildman–Crippen LogP) is 4.61. The third-order valence-electron chi connectivity index (χ3n) is 5.32. The Morgan fingerprint density at radius 1 is 1.09 bits per heavy atom. The van der Waals surface area contributed by atoms with Crippen LogP contribution in [0.5, 0.6) is 0 Å². The number of carbonyl (C=O) groups is 2. The molecule has 0 aliphatic heterocycles. The molecule has 0 fully saturated rings. The van der Waals surface area contributed by atoms with Crippen LogP contribution in [0.25, 0.3) is 0 Å². The van der Waals surface area contributed by atoms with Crippen molar-refractivity contribution in [2.24, 2.45) is 5.92 Å². The van der Waals surface area contributed by atoms with Crippen LogP contribution in [0.1, 0.15) is 30.7 Å². The smallest absolute Gasteiger partial charge is 0.318 e. The molecule has 0 saturated carbocycles. The summed E-state index contributed by atoms with van der Waals surface area (Å²) >= 11 is 1.35. The minimum absolute atomic E-state index is 0.00873. The van der Waals surface area contributed by atoms with Crippen molar-refractivity contribution in [2.45, 2.75) is 33.1 Å². The highest BCUT2D eigenvalue weighted by Gasteiger charge is 2.34. The van der Waals surface area contributed by atoms with E-state index in [4.69, 9.17) is 4.74 Å².